The van der Waals surface area contributed by atoms with Crippen LogP contribution in [0.25, 0.3) is 0 Å². The number of aromatic nitrogens is 2. The molecule has 2 saturated heterocycles. The summed E-state index contributed by atoms with van der Waals surface area (Å²) in [6.07, 6.45) is -4.53. The Morgan fingerprint density at radius 1 is 1.03 bits per heavy atom. The van der Waals surface area contributed by atoms with Crippen molar-refractivity contribution in [1.29, 1.82) is 0 Å². The highest BCUT2D eigenvalue weighted by Crippen LogP contribution is 2.31. The first-order valence-corrected chi connectivity index (χ1v) is 12.1. The van der Waals surface area contributed by atoms with Gasteiger partial charge in [0, 0.05) is 44.0 Å². The number of piperidine rings is 1. The largest absolute Gasteiger partial charge is 0.490 e. The zero-order valence-electron chi connectivity index (χ0n) is 20.1. The third-order valence-corrected chi connectivity index (χ3v) is 6.15. The minimum atomic E-state index is -5.08. The quantitative estimate of drug-likeness (QED) is 0.520. The molecule has 1 amide bonds. The Bertz CT molecular complexity index is 1050. The van der Waals surface area contributed by atoms with Gasteiger partial charge in [-0.25, -0.2) is 14.6 Å². The molecule has 0 unspecified atom stereocenters. The van der Waals surface area contributed by atoms with Gasteiger partial charge in [0.05, 0.1) is 24.3 Å². The zero-order valence-corrected chi connectivity index (χ0v) is 20.9. The van der Waals surface area contributed by atoms with Crippen molar-refractivity contribution in [3.63, 3.8) is 0 Å². The SMILES string of the molecule is O=C(O)C(F)(F)F.O=C(O)C(F)(F)F.O=C(c1cscn1)N1CCOC2(CCN(Cc3cccnc3)CC2)C1. The number of carboxylic acids is 2. The van der Waals surface area contributed by atoms with Crippen LogP contribution < -0.4 is 0 Å². The molecule has 0 bridgehead atoms. The average molecular weight is 587 g/mol. The molecular formula is C22H24F6N4O6S. The number of ether oxygens (including phenoxy) is 1. The van der Waals surface area contributed by atoms with Crippen molar-refractivity contribution < 1.29 is 55.7 Å². The zero-order chi connectivity index (χ0) is 29.3. The maximum atomic E-state index is 12.6. The number of rotatable bonds is 3. The predicted molar refractivity (Wildman–Crippen MR) is 123 cm³/mol. The maximum absolute atomic E-state index is 12.6. The van der Waals surface area contributed by atoms with Gasteiger partial charge in [-0.2, -0.15) is 26.3 Å². The normalized spacial score (nSPS) is 17.3. The number of halogens is 6. The molecule has 0 aliphatic carbocycles. The number of aliphatic carboxylic acids is 2. The number of likely N-dealkylation sites (tertiary alicyclic amines) is 1. The Kier molecular flexibility index (Phi) is 11.2. The number of pyridine rings is 1. The summed E-state index contributed by atoms with van der Waals surface area (Å²) in [6.45, 7) is 4.81. The number of amides is 1. The fourth-order valence-electron chi connectivity index (χ4n) is 3.67. The van der Waals surface area contributed by atoms with Crippen LogP contribution in [-0.4, -0.2) is 98.6 Å². The summed E-state index contributed by atoms with van der Waals surface area (Å²) in [6, 6.07) is 4.09. The molecule has 10 nitrogen and oxygen atoms in total. The highest BCUT2D eigenvalue weighted by Gasteiger charge is 2.41. The van der Waals surface area contributed by atoms with Crippen molar-refractivity contribution in [2.24, 2.45) is 0 Å². The molecule has 39 heavy (non-hydrogen) atoms. The van der Waals surface area contributed by atoms with Crippen molar-refractivity contribution in [3.8, 4) is 0 Å². The predicted octanol–water partition coefficient (Wildman–Crippen LogP) is 3.31. The highest BCUT2D eigenvalue weighted by atomic mass is 32.1. The van der Waals surface area contributed by atoms with E-state index in [-0.39, 0.29) is 11.5 Å². The van der Waals surface area contributed by atoms with Crippen LogP contribution in [0.1, 0.15) is 28.9 Å². The van der Waals surface area contributed by atoms with Gasteiger partial charge in [-0.05, 0) is 24.5 Å². The highest BCUT2D eigenvalue weighted by molar-refractivity contribution is 7.07. The van der Waals surface area contributed by atoms with Crippen LogP contribution in [0, 0.1) is 0 Å². The number of hydrogen-bond acceptors (Lipinski definition) is 8. The summed E-state index contributed by atoms with van der Waals surface area (Å²) in [5.74, 6) is -5.48. The molecule has 2 N–H and O–H groups in total. The Morgan fingerprint density at radius 3 is 2.08 bits per heavy atom. The monoisotopic (exact) mass is 586 g/mol. The van der Waals surface area contributed by atoms with Crippen LogP contribution in [0.5, 0.6) is 0 Å². The van der Waals surface area contributed by atoms with E-state index in [1.807, 2.05) is 22.5 Å². The van der Waals surface area contributed by atoms with Crippen molar-refractivity contribution in [2.75, 3.05) is 32.8 Å². The number of thiazole rings is 1. The molecule has 1 spiro atoms. The molecule has 0 aromatic carbocycles. The van der Waals surface area contributed by atoms with Gasteiger partial charge in [-0.15, -0.1) is 11.3 Å². The first-order valence-electron chi connectivity index (χ1n) is 11.2. The fourth-order valence-corrected chi connectivity index (χ4v) is 4.20. The smallest absolute Gasteiger partial charge is 0.475 e. The van der Waals surface area contributed by atoms with Gasteiger partial charge in [0.15, 0.2) is 0 Å². The molecule has 0 saturated carbocycles. The second-order valence-corrected chi connectivity index (χ2v) is 9.09. The molecule has 0 radical (unpaired) electrons. The molecule has 0 atom stereocenters. The van der Waals surface area contributed by atoms with Crippen LogP contribution in [0.4, 0.5) is 26.3 Å². The molecule has 4 rings (SSSR count). The average Bonchev–Trinajstić information content (AvgIpc) is 3.41. The van der Waals surface area contributed by atoms with E-state index in [1.165, 1.54) is 16.9 Å². The molecule has 4 heterocycles. The summed E-state index contributed by atoms with van der Waals surface area (Å²) < 4.78 is 69.6. The van der Waals surface area contributed by atoms with Gasteiger partial charge in [0.2, 0.25) is 0 Å². The van der Waals surface area contributed by atoms with E-state index < -0.39 is 24.3 Å². The van der Waals surface area contributed by atoms with E-state index in [9.17, 15) is 31.1 Å². The first-order chi connectivity index (χ1) is 18.1. The number of nitrogens with zero attached hydrogens (tertiary/aromatic N) is 4. The van der Waals surface area contributed by atoms with E-state index in [0.29, 0.717) is 25.4 Å². The molecule has 2 fully saturated rings. The van der Waals surface area contributed by atoms with Crippen LogP contribution in [0.15, 0.2) is 35.4 Å². The number of morpholine rings is 1. The second kappa shape index (κ2) is 13.7. The second-order valence-electron chi connectivity index (χ2n) is 8.38. The number of alkyl halides is 6. The van der Waals surface area contributed by atoms with E-state index >= 15 is 0 Å². The number of carbonyl (C=O) groups is 3. The summed E-state index contributed by atoms with van der Waals surface area (Å²) in [7, 11) is 0. The van der Waals surface area contributed by atoms with E-state index in [1.54, 1.807) is 11.7 Å². The summed E-state index contributed by atoms with van der Waals surface area (Å²) in [5, 5.41) is 16.1. The van der Waals surface area contributed by atoms with Gasteiger partial charge in [-0.1, -0.05) is 6.07 Å². The Hall–Kier alpha value is -3.31. The van der Waals surface area contributed by atoms with Crippen molar-refractivity contribution >= 4 is 29.2 Å². The molecule has 2 aliphatic heterocycles. The minimum Gasteiger partial charge on any atom is -0.475 e. The van der Waals surface area contributed by atoms with E-state index in [0.717, 1.165) is 32.5 Å². The van der Waals surface area contributed by atoms with E-state index in [4.69, 9.17) is 24.5 Å². The van der Waals surface area contributed by atoms with Gasteiger partial charge in [0.1, 0.15) is 5.69 Å². The van der Waals surface area contributed by atoms with Crippen LogP contribution in [-0.2, 0) is 20.9 Å². The minimum absolute atomic E-state index is 0.0294. The lowest BCUT2D eigenvalue weighted by Gasteiger charge is -2.47. The third-order valence-electron chi connectivity index (χ3n) is 5.57. The molecular weight excluding hydrogens is 562 g/mol. The fraction of sp³-hybridized carbons (Fsp3) is 0.500. The Balaban J connectivity index is 0.000000317. The molecule has 17 heteroatoms. The lowest BCUT2D eigenvalue weighted by molar-refractivity contribution is -0.193. The van der Waals surface area contributed by atoms with Gasteiger partial charge in [0.25, 0.3) is 5.91 Å². The molecule has 2 aliphatic rings. The standard InChI is InChI=1S/C18H22N4O2S.2C2HF3O2/c23-17(16-12-25-14-20-16)22-8-9-24-18(13-22)3-6-21(7-4-18)11-15-2-1-5-19-10-15;2*3-2(4,5)1(6)7/h1-2,5,10,12,14H,3-4,6-9,11,13H2;2*(H,6,7). The lowest BCUT2D eigenvalue weighted by Crippen LogP contribution is -2.57. The third kappa shape index (κ3) is 10.4. The van der Waals surface area contributed by atoms with Crippen molar-refractivity contribution in [2.45, 2.75) is 37.3 Å². The van der Waals surface area contributed by atoms with Gasteiger partial charge in [-0.3, -0.25) is 14.7 Å². The van der Waals surface area contributed by atoms with E-state index in [2.05, 4.69) is 20.9 Å². The van der Waals surface area contributed by atoms with Crippen LogP contribution in [0.3, 0.4) is 0 Å². The Morgan fingerprint density at radius 2 is 1.62 bits per heavy atom. The Labute approximate surface area is 221 Å². The van der Waals surface area contributed by atoms with Gasteiger partial charge < -0.3 is 19.8 Å². The topological polar surface area (TPSA) is 133 Å². The molecule has 2 aromatic heterocycles. The summed E-state index contributed by atoms with van der Waals surface area (Å²) in [5.41, 5.74) is 3.30. The summed E-state index contributed by atoms with van der Waals surface area (Å²) in [4.78, 5) is 43.1. The first kappa shape index (κ1) is 31.9. The number of carbonyl (C=O) groups excluding carboxylic acids is 1. The number of hydrogen-bond donors (Lipinski definition) is 2. The summed E-state index contributed by atoms with van der Waals surface area (Å²) >= 11 is 1.46. The number of carboxylic acid groups (broad SMARTS) is 2. The van der Waals surface area contributed by atoms with Crippen LogP contribution in [0.2, 0.25) is 0 Å². The molecule has 216 valence electrons. The van der Waals surface area contributed by atoms with Crippen molar-refractivity contribution in [3.05, 3.63) is 46.7 Å². The van der Waals surface area contributed by atoms with Gasteiger partial charge >= 0.3 is 24.3 Å². The van der Waals surface area contributed by atoms with Crippen molar-refractivity contribution in [1.82, 2.24) is 19.8 Å². The van der Waals surface area contributed by atoms with Crippen LogP contribution >= 0.6 is 11.3 Å². The molecule has 2 aromatic rings. The lowest BCUT2D eigenvalue weighted by atomic mass is 9.89. The maximum Gasteiger partial charge on any atom is 0.490 e.